The first-order valence-electron chi connectivity index (χ1n) is 5.13. The van der Waals surface area contributed by atoms with Crippen molar-refractivity contribution in [1.82, 2.24) is 0 Å². The third kappa shape index (κ3) is 3.73. The number of carbonyl (C=O) groups excluding carboxylic acids is 1. The number of nitrogens with two attached hydrogens (primary N) is 1. The van der Waals surface area contributed by atoms with Crippen molar-refractivity contribution in [1.29, 1.82) is 0 Å². The molecule has 0 atom stereocenters. The van der Waals surface area contributed by atoms with Gasteiger partial charge in [-0.1, -0.05) is 11.6 Å². The Balaban J connectivity index is 2.99. The summed E-state index contributed by atoms with van der Waals surface area (Å²) in [5.41, 5.74) is 6.06. The van der Waals surface area contributed by atoms with Crippen LogP contribution in [0.3, 0.4) is 0 Å². The molecular weight excluding hydrogens is 268 g/mol. The second-order valence-corrected chi connectivity index (χ2v) is 3.68. The Morgan fingerprint density at radius 2 is 2.17 bits per heavy atom. The third-order valence-electron chi connectivity index (χ3n) is 2.09. The molecule has 0 saturated carbocycles. The van der Waals surface area contributed by atoms with Gasteiger partial charge < -0.3 is 15.2 Å². The van der Waals surface area contributed by atoms with Gasteiger partial charge in [0.05, 0.1) is 18.1 Å². The number of rotatable bonds is 5. The Hall–Kier alpha value is -1.56. The van der Waals surface area contributed by atoms with Gasteiger partial charge in [0, 0.05) is 11.3 Å². The molecule has 2 N–H and O–H groups in total. The van der Waals surface area contributed by atoms with Crippen LogP contribution in [0.15, 0.2) is 12.1 Å². The van der Waals surface area contributed by atoms with Crippen molar-refractivity contribution < 1.29 is 23.0 Å². The Morgan fingerprint density at radius 1 is 1.50 bits per heavy atom. The van der Waals surface area contributed by atoms with Crippen molar-refractivity contribution >= 4 is 23.3 Å². The van der Waals surface area contributed by atoms with Crippen molar-refractivity contribution in [3.05, 3.63) is 22.7 Å². The van der Waals surface area contributed by atoms with Gasteiger partial charge in [-0.05, 0) is 19.1 Å². The third-order valence-corrected chi connectivity index (χ3v) is 2.50. The lowest BCUT2D eigenvalue weighted by molar-refractivity contribution is -0.142. The Kier molecular flexibility index (Phi) is 5.15. The van der Waals surface area contributed by atoms with E-state index in [0.29, 0.717) is 0 Å². The van der Waals surface area contributed by atoms with E-state index in [9.17, 15) is 13.6 Å². The molecule has 0 amide bonds. The topological polar surface area (TPSA) is 61.5 Å². The SMILES string of the molecule is CCOC(=O)Cc1c(N)ccc(OC(F)F)c1Cl. The summed E-state index contributed by atoms with van der Waals surface area (Å²) in [6.45, 7) is -1.13. The molecule has 0 fully saturated rings. The number of hydrogen-bond acceptors (Lipinski definition) is 4. The van der Waals surface area contributed by atoms with Gasteiger partial charge in [-0.15, -0.1) is 0 Å². The molecule has 1 rings (SSSR count). The zero-order chi connectivity index (χ0) is 13.7. The fourth-order valence-electron chi connectivity index (χ4n) is 1.34. The monoisotopic (exact) mass is 279 g/mol. The van der Waals surface area contributed by atoms with Crippen molar-refractivity contribution in [3.63, 3.8) is 0 Å². The number of hydrogen-bond donors (Lipinski definition) is 1. The molecule has 0 heterocycles. The zero-order valence-electron chi connectivity index (χ0n) is 9.58. The van der Waals surface area contributed by atoms with Gasteiger partial charge in [-0.2, -0.15) is 8.78 Å². The van der Waals surface area contributed by atoms with E-state index in [4.69, 9.17) is 22.1 Å². The van der Waals surface area contributed by atoms with Gasteiger partial charge in [0.2, 0.25) is 0 Å². The predicted molar refractivity (Wildman–Crippen MR) is 62.8 cm³/mol. The highest BCUT2D eigenvalue weighted by atomic mass is 35.5. The highest BCUT2D eigenvalue weighted by Crippen LogP contribution is 2.33. The molecule has 0 aliphatic rings. The molecule has 0 saturated heterocycles. The second kappa shape index (κ2) is 6.39. The number of nitrogen functional groups attached to an aromatic ring is 1. The van der Waals surface area contributed by atoms with Crippen molar-refractivity contribution in [2.24, 2.45) is 0 Å². The number of anilines is 1. The maximum atomic E-state index is 12.1. The predicted octanol–water partition coefficient (Wildman–Crippen LogP) is 2.63. The fourth-order valence-corrected chi connectivity index (χ4v) is 1.62. The smallest absolute Gasteiger partial charge is 0.387 e. The van der Waals surface area contributed by atoms with Crippen LogP contribution in [0.5, 0.6) is 5.75 Å². The molecule has 0 aliphatic heterocycles. The molecule has 0 unspecified atom stereocenters. The zero-order valence-corrected chi connectivity index (χ0v) is 10.3. The number of halogens is 3. The van der Waals surface area contributed by atoms with Crippen LogP contribution < -0.4 is 10.5 Å². The lowest BCUT2D eigenvalue weighted by Crippen LogP contribution is -2.11. The fraction of sp³-hybridized carbons (Fsp3) is 0.364. The van der Waals surface area contributed by atoms with Gasteiger partial charge in [0.25, 0.3) is 0 Å². The van der Waals surface area contributed by atoms with Crippen LogP contribution in [0.4, 0.5) is 14.5 Å². The first-order chi connectivity index (χ1) is 8.45. The van der Waals surface area contributed by atoms with Gasteiger partial charge in [0.15, 0.2) is 0 Å². The Labute approximate surface area is 108 Å². The maximum Gasteiger partial charge on any atom is 0.387 e. The Bertz CT molecular complexity index is 441. The molecule has 4 nitrogen and oxygen atoms in total. The van der Waals surface area contributed by atoms with Gasteiger partial charge in [-0.25, -0.2) is 0 Å². The summed E-state index contributed by atoms with van der Waals surface area (Å²) >= 11 is 5.86. The molecule has 0 spiro atoms. The summed E-state index contributed by atoms with van der Waals surface area (Å²) in [6.07, 6.45) is -0.195. The average molecular weight is 280 g/mol. The van der Waals surface area contributed by atoms with Crippen LogP contribution in [-0.2, 0) is 16.0 Å². The number of esters is 1. The van der Waals surface area contributed by atoms with Gasteiger partial charge >= 0.3 is 12.6 Å². The van der Waals surface area contributed by atoms with Crippen LogP contribution >= 0.6 is 11.6 Å². The summed E-state index contributed by atoms with van der Waals surface area (Å²) in [5.74, 6) is -0.763. The van der Waals surface area contributed by atoms with Crippen molar-refractivity contribution in [3.8, 4) is 5.75 Å². The van der Waals surface area contributed by atoms with Crippen LogP contribution in [-0.4, -0.2) is 19.2 Å². The molecule has 1 aromatic rings. The van der Waals surface area contributed by atoms with Crippen LogP contribution in [0, 0.1) is 0 Å². The van der Waals surface area contributed by atoms with E-state index in [0.717, 1.165) is 0 Å². The minimum Gasteiger partial charge on any atom is -0.466 e. The molecule has 100 valence electrons. The van der Waals surface area contributed by atoms with Crippen LogP contribution in [0.2, 0.25) is 5.02 Å². The van der Waals surface area contributed by atoms with Crippen LogP contribution in [0.1, 0.15) is 12.5 Å². The summed E-state index contributed by atoms with van der Waals surface area (Å²) in [4.78, 5) is 11.3. The molecule has 0 aromatic heterocycles. The molecular formula is C11H12ClF2NO3. The number of benzene rings is 1. The molecule has 1 aromatic carbocycles. The number of ether oxygens (including phenoxy) is 2. The molecule has 0 radical (unpaired) electrons. The average Bonchev–Trinajstić information content (AvgIpc) is 2.28. The molecule has 7 heteroatoms. The van der Waals surface area contributed by atoms with Gasteiger partial charge in [-0.3, -0.25) is 4.79 Å². The molecule has 0 aliphatic carbocycles. The van der Waals surface area contributed by atoms with Gasteiger partial charge in [0.1, 0.15) is 5.75 Å². The molecule has 18 heavy (non-hydrogen) atoms. The normalized spacial score (nSPS) is 10.5. The van der Waals surface area contributed by atoms with E-state index < -0.39 is 12.6 Å². The lowest BCUT2D eigenvalue weighted by atomic mass is 10.1. The number of alkyl halides is 2. The Morgan fingerprint density at radius 3 is 2.72 bits per heavy atom. The van der Waals surface area contributed by atoms with Crippen molar-refractivity contribution in [2.45, 2.75) is 20.0 Å². The minimum atomic E-state index is -3.00. The van der Waals surface area contributed by atoms with E-state index in [2.05, 4.69) is 4.74 Å². The first kappa shape index (κ1) is 14.5. The standard InChI is InChI=1S/C11H12ClF2NO3/c1-2-17-9(16)5-6-7(15)3-4-8(10(6)12)18-11(13)14/h3-4,11H,2,5,15H2,1H3. The first-order valence-corrected chi connectivity index (χ1v) is 5.50. The minimum absolute atomic E-state index is 0.108. The molecule has 0 bridgehead atoms. The summed E-state index contributed by atoms with van der Waals surface area (Å²) < 4.78 is 33.2. The van der Waals surface area contributed by atoms with E-state index in [1.165, 1.54) is 12.1 Å². The summed E-state index contributed by atoms with van der Waals surface area (Å²) in [5, 5.41) is -0.108. The highest BCUT2D eigenvalue weighted by Gasteiger charge is 2.17. The maximum absolute atomic E-state index is 12.1. The second-order valence-electron chi connectivity index (χ2n) is 3.31. The quantitative estimate of drug-likeness (QED) is 0.665. The largest absolute Gasteiger partial charge is 0.466 e. The van der Waals surface area contributed by atoms with Crippen molar-refractivity contribution in [2.75, 3.05) is 12.3 Å². The van der Waals surface area contributed by atoms with E-state index >= 15 is 0 Å². The van der Waals surface area contributed by atoms with Crippen LogP contribution in [0.25, 0.3) is 0 Å². The summed E-state index contributed by atoms with van der Waals surface area (Å²) in [6, 6.07) is 2.57. The lowest BCUT2D eigenvalue weighted by Gasteiger charge is -2.12. The summed E-state index contributed by atoms with van der Waals surface area (Å²) in [7, 11) is 0. The number of carbonyl (C=O) groups is 1. The van der Waals surface area contributed by atoms with E-state index in [-0.39, 0.29) is 35.1 Å². The highest BCUT2D eigenvalue weighted by molar-refractivity contribution is 6.33. The van der Waals surface area contributed by atoms with E-state index in [1.54, 1.807) is 6.92 Å². The van der Waals surface area contributed by atoms with E-state index in [1.807, 2.05) is 0 Å².